The molecule has 8 nitrogen and oxygen atoms in total. The van der Waals surface area contributed by atoms with Gasteiger partial charge in [0.1, 0.15) is 0 Å². The Morgan fingerprint density at radius 2 is 2.00 bits per heavy atom. The fourth-order valence-electron chi connectivity index (χ4n) is 3.88. The molecule has 0 aliphatic carbocycles. The quantitative estimate of drug-likeness (QED) is 0.662. The van der Waals surface area contributed by atoms with Crippen molar-refractivity contribution in [2.75, 3.05) is 57.1 Å². The average Bonchev–Trinajstić information content (AvgIpc) is 3.02. The molecule has 0 bridgehead atoms. The molecule has 0 amide bonds. The Bertz CT molecular complexity index is 961. The van der Waals surface area contributed by atoms with E-state index >= 15 is 0 Å². The minimum Gasteiger partial charge on any atom is -0.378 e. The monoisotopic (exact) mass is 445 g/mol. The van der Waals surface area contributed by atoms with Crippen LogP contribution >= 0.6 is 22.9 Å². The van der Waals surface area contributed by atoms with Crippen LogP contribution < -0.4 is 4.90 Å². The van der Waals surface area contributed by atoms with Crippen molar-refractivity contribution in [2.24, 2.45) is 0 Å². The van der Waals surface area contributed by atoms with E-state index in [1.54, 1.807) is 15.6 Å². The lowest BCUT2D eigenvalue weighted by molar-refractivity contribution is 0.122. The first kappa shape index (κ1) is 20.2. The third-order valence-electron chi connectivity index (χ3n) is 5.14. The molecule has 11 heteroatoms. The van der Waals surface area contributed by atoms with Crippen molar-refractivity contribution < 1.29 is 13.2 Å². The van der Waals surface area contributed by atoms with Crippen LogP contribution in [0.5, 0.6) is 0 Å². The van der Waals surface area contributed by atoms with Crippen LogP contribution in [-0.2, 0) is 21.3 Å². The second-order valence-electron chi connectivity index (χ2n) is 7.30. The Balaban J connectivity index is 1.54. The van der Waals surface area contributed by atoms with Gasteiger partial charge in [-0.15, -0.1) is 11.3 Å². The Kier molecular flexibility index (Phi) is 5.78. The summed E-state index contributed by atoms with van der Waals surface area (Å²) in [6.07, 6.45) is 1.28. The minimum atomic E-state index is -3.15. The van der Waals surface area contributed by atoms with Crippen molar-refractivity contribution >= 4 is 49.0 Å². The van der Waals surface area contributed by atoms with Crippen LogP contribution in [0, 0.1) is 0 Å². The Morgan fingerprint density at radius 3 is 2.68 bits per heavy atom. The van der Waals surface area contributed by atoms with Crippen molar-refractivity contribution in [1.29, 1.82) is 0 Å². The number of sulfonamides is 1. The van der Waals surface area contributed by atoms with Gasteiger partial charge in [0.25, 0.3) is 0 Å². The zero-order valence-electron chi connectivity index (χ0n) is 16.0. The zero-order chi connectivity index (χ0) is 19.9. The number of anilines is 1. The van der Waals surface area contributed by atoms with Gasteiger partial charge in [0.05, 0.1) is 29.7 Å². The minimum absolute atomic E-state index is 0.0312. The van der Waals surface area contributed by atoms with Crippen molar-refractivity contribution in [2.45, 2.75) is 19.5 Å². The van der Waals surface area contributed by atoms with E-state index in [9.17, 15) is 8.42 Å². The molecular weight excluding hydrogens is 422 g/mol. The summed E-state index contributed by atoms with van der Waals surface area (Å²) in [5, 5.41) is 0.258. The number of aromatic nitrogens is 2. The summed E-state index contributed by atoms with van der Waals surface area (Å²) in [6.45, 7) is 7.63. The fourth-order valence-corrected chi connectivity index (χ4v) is 6.34. The zero-order valence-corrected chi connectivity index (χ0v) is 18.4. The molecule has 1 atom stereocenters. The maximum Gasteiger partial charge on any atom is 0.224 e. The molecule has 4 heterocycles. The van der Waals surface area contributed by atoms with Crippen LogP contribution in [-0.4, -0.2) is 85.8 Å². The topological polar surface area (TPSA) is 78.9 Å². The standard InChI is InChI=1S/C17H24ClN5O3S2/c1-12-10-21(3-4-23(12)28(2,24)25)11-13-9-14-15(27-13)16(20-17(18)19-14)22-5-7-26-8-6-22/h9,12H,3-8,10-11H2,1-2H3/t12-/m0/s1. The largest absolute Gasteiger partial charge is 0.378 e. The summed E-state index contributed by atoms with van der Waals surface area (Å²) in [7, 11) is -3.15. The van der Waals surface area contributed by atoms with Gasteiger partial charge in [0.2, 0.25) is 15.3 Å². The first-order chi connectivity index (χ1) is 13.3. The van der Waals surface area contributed by atoms with Crippen molar-refractivity contribution in [3.05, 3.63) is 16.2 Å². The predicted molar refractivity (Wildman–Crippen MR) is 112 cm³/mol. The lowest BCUT2D eigenvalue weighted by Crippen LogP contribution is -2.53. The number of rotatable bonds is 4. The third kappa shape index (κ3) is 4.27. The molecule has 0 saturated carbocycles. The van der Waals surface area contributed by atoms with Gasteiger partial charge in [-0.2, -0.15) is 9.29 Å². The molecule has 28 heavy (non-hydrogen) atoms. The van der Waals surface area contributed by atoms with Gasteiger partial charge < -0.3 is 9.64 Å². The van der Waals surface area contributed by atoms with Crippen molar-refractivity contribution in [3.8, 4) is 0 Å². The van der Waals surface area contributed by atoms with E-state index in [2.05, 4.69) is 25.8 Å². The van der Waals surface area contributed by atoms with Crippen LogP contribution in [0.25, 0.3) is 10.2 Å². The molecular formula is C17H24ClN5O3S2. The molecule has 2 aromatic heterocycles. The Labute approximate surface area is 174 Å². The summed E-state index contributed by atoms with van der Waals surface area (Å²) in [5.41, 5.74) is 0.865. The van der Waals surface area contributed by atoms with Gasteiger partial charge in [0, 0.05) is 50.2 Å². The predicted octanol–water partition coefficient (Wildman–Crippen LogP) is 1.65. The van der Waals surface area contributed by atoms with E-state index in [1.165, 1.54) is 11.1 Å². The first-order valence-corrected chi connectivity index (χ1v) is 12.3. The molecule has 2 aliphatic heterocycles. The highest BCUT2D eigenvalue weighted by atomic mass is 35.5. The second-order valence-corrected chi connectivity index (χ2v) is 10.7. The molecule has 0 N–H and O–H groups in total. The number of thiophene rings is 1. The maximum absolute atomic E-state index is 11.9. The van der Waals surface area contributed by atoms with Crippen molar-refractivity contribution in [1.82, 2.24) is 19.2 Å². The number of piperazine rings is 1. The number of nitrogens with zero attached hydrogens (tertiary/aromatic N) is 5. The van der Waals surface area contributed by atoms with E-state index in [-0.39, 0.29) is 11.3 Å². The molecule has 0 radical (unpaired) electrons. The normalized spacial score (nSPS) is 22.8. The summed E-state index contributed by atoms with van der Waals surface area (Å²) < 4.78 is 31.8. The second kappa shape index (κ2) is 8.00. The number of morpholine rings is 1. The fraction of sp³-hybridized carbons (Fsp3) is 0.647. The molecule has 2 saturated heterocycles. The SMILES string of the molecule is C[C@H]1CN(Cc2cc3nc(Cl)nc(N4CCOCC4)c3s2)CCN1S(C)(=O)=O. The average molecular weight is 446 g/mol. The number of hydrogen-bond donors (Lipinski definition) is 0. The highest BCUT2D eigenvalue weighted by molar-refractivity contribution is 7.88. The van der Waals surface area contributed by atoms with Crippen LogP contribution in [0.4, 0.5) is 5.82 Å². The van der Waals surface area contributed by atoms with Crippen LogP contribution in [0.2, 0.25) is 5.28 Å². The lowest BCUT2D eigenvalue weighted by atomic mass is 10.2. The number of ether oxygens (including phenoxy) is 1. The van der Waals surface area contributed by atoms with Crippen LogP contribution in [0.15, 0.2) is 6.07 Å². The van der Waals surface area contributed by atoms with E-state index in [0.29, 0.717) is 32.8 Å². The Morgan fingerprint density at radius 1 is 1.25 bits per heavy atom. The van der Waals surface area contributed by atoms with Gasteiger partial charge >= 0.3 is 0 Å². The van der Waals surface area contributed by atoms with Gasteiger partial charge in [0.15, 0.2) is 5.82 Å². The molecule has 2 aromatic rings. The van der Waals surface area contributed by atoms with Gasteiger partial charge in [-0.25, -0.2) is 13.4 Å². The smallest absolute Gasteiger partial charge is 0.224 e. The van der Waals surface area contributed by atoms with Gasteiger partial charge in [-0.05, 0) is 24.6 Å². The van der Waals surface area contributed by atoms with E-state index in [0.717, 1.165) is 35.7 Å². The summed E-state index contributed by atoms with van der Waals surface area (Å²) >= 11 is 7.86. The highest BCUT2D eigenvalue weighted by Crippen LogP contribution is 2.34. The van der Waals surface area contributed by atoms with Crippen molar-refractivity contribution in [3.63, 3.8) is 0 Å². The summed E-state index contributed by atoms with van der Waals surface area (Å²) in [5.74, 6) is 0.879. The molecule has 0 unspecified atom stereocenters. The van der Waals surface area contributed by atoms with Gasteiger partial charge in [-0.1, -0.05) is 0 Å². The molecule has 0 aromatic carbocycles. The third-order valence-corrected chi connectivity index (χ3v) is 7.81. The number of hydrogen-bond acceptors (Lipinski definition) is 8. The molecule has 2 aliphatic rings. The molecule has 154 valence electrons. The van der Waals surface area contributed by atoms with Crippen LogP contribution in [0.3, 0.4) is 0 Å². The summed E-state index contributed by atoms with van der Waals surface area (Å²) in [6, 6.07) is 2.04. The molecule has 2 fully saturated rings. The Hall–Kier alpha value is -1.04. The van der Waals surface area contributed by atoms with E-state index < -0.39 is 10.0 Å². The van der Waals surface area contributed by atoms with E-state index in [4.69, 9.17) is 16.3 Å². The number of fused-ring (bicyclic) bond motifs is 1. The lowest BCUT2D eigenvalue weighted by Gasteiger charge is -2.38. The molecule has 4 rings (SSSR count). The summed E-state index contributed by atoms with van der Waals surface area (Å²) in [4.78, 5) is 14.6. The van der Waals surface area contributed by atoms with Gasteiger partial charge in [-0.3, -0.25) is 4.90 Å². The number of halogens is 1. The maximum atomic E-state index is 11.9. The highest BCUT2D eigenvalue weighted by Gasteiger charge is 2.30. The molecule has 0 spiro atoms. The van der Waals surface area contributed by atoms with Crippen LogP contribution in [0.1, 0.15) is 11.8 Å². The van der Waals surface area contributed by atoms with E-state index in [1.807, 2.05) is 6.92 Å². The first-order valence-electron chi connectivity index (χ1n) is 9.29.